The van der Waals surface area contributed by atoms with Crippen LogP contribution in [-0.4, -0.2) is 24.7 Å². The van der Waals surface area contributed by atoms with E-state index in [1.54, 1.807) is 7.11 Å². The first kappa shape index (κ1) is 22.6. The summed E-state index contributed by atoms with van der Waals surface area (Å²) in [5.41, 5.74) is 3.22. The average molecular weight is 440 g/mol. The van der Waals surface area contributed by atoms with Crippen LogP contribution in [0, 0.1) is 0 Å². The van der Waals surface area contributed by atoms with Gasteiger partial charge in [0.15, 0.2) is 16.6 Å². The fourth-order valence-electron chi connectivity index (χ4n) is 3.43. The third-order valence-electron chi connectivity index (χ3n) is 5.09. The number of carbonyl (C=O) groups is 1. The molecule has 2 aromatic rings. The van der Waals surface area contributed by atoms with Gasteiger partial charge in [-0.15, -0.1) is 0 Å². The highest BCUT2D eigenvalue weighted by molar-refractivity contribution is 7.80. The maximum absolute atomic E-state index is 13.1. The number of nitrogens with one attached hydrogen (secondary N) is 3. The highest BCUT2D eigenvalue weighted by atomic mass is 32.1. The van der Waals surface area contributed by atoms with Gasteiger partial charge in [0.25, 0.3) is 5.91 Å². The standard InChI is InChI=1S/C24H29N3O3S/c1-4-5-13-30-19-12-11-18(14-20(19)29-3)22-21(16(2)26-24(31)27-22)23(28)25-15-17-9-7-6-8-10-17/h6-12,14,22H,4-5,13,15H2,1-3H3,(H,25,28)(H2,26,27,31)/t22-/m1/s1. The minimum atomic E-state index is -0.400. The quantitative estimate of drug-likeness (QED) is 0.406. The maximum Gasteiger partial charge on any atom is 0.251 e. The maximum atomic E-state index is 13.1. The van der Waals surface area contributed by atoms with Gasteiger partial charge in [0.2, 0.25) is 0 Å². The van der Waals surface area contributed by atoms with Crippen molar-refractivity contribution in [3.05, 3.63) is 70.9 Å². The van der Waals surface area contributed by atoms with E-state index >= 15 is 0 Å². The molecule has 0 spiro atoms. The van der Waals surface area contributed by atoms with Crippen molar-refractivity contribution in [2.45, 2.75) is 39.3 Å². The molecule has 1 aliphatic heterocycles. The van der Waals surface area contributed by atoms with Crippen molar-refractivity contribution in [1.29, 1.82) is 0 Å². The lowest BCUT2D eigenvalue weighted by molar-refractivity contribution is -0.118. The Bertz CT molecular complexity index is 960. The molecule has 1 atom stereocenters. The number of thiocarbonyl (C=S) groups is 1. The monoisotopic (exact) mass is 439 g/mol. The first-order valence-corrected chi connectivity index (χ1v) is 10.9. The molecule has 1 amide bonds. The number of carbonyl (C=O) groups excluding carboxylic acids is 1. The molecule has 0 saturated carbocycles. The number of ether oxygens (including phenoxy) is 2. The minimum absolute atomic E-state index is 0.156. The number of amides is 1. The average Bonchev–Trinajstić information content (AvgIpc) is 2.78. The molecule has 164 valence electrons. The molecule has 0 bridgehead atoms. The van der Waals surface area contributed by atoms with Crippen LogP contribution in [-0.2, 0) is 11.3 Å². The van der Waals surface area contributed by atoms with E-state index in [1.807, 2.05) is 55.5 Å². The Balaban J connectivity index is 1.84. The lowest BCUT2D eigenvalue weighted by Crippen LogP contribution is -2.46. The van der Waals surface area contributed by atoms with Gasteiger partial charge < -0.3 is 25.4 Å². The van der Waals surface area contributed by atoms with Gasteiger partial charge in [-0.3, -0.25) is 4.79 Å². The Kier molecular flexibility index (Phi) is 7.89. The van der Waals surface area contributed by atoms with E-state index in [0.29, 0.717) is 35.3 Å². The van der Waals surface area contributed by atoms with Crippen LogP contribution < -0.4 is 25.4 Å². The largest absolute Gasteiger partial charge is 0.493 e. The Hall–Kier alpha value is -3.06. The van der Waals surface area contributed by atoms with E-state index in [1.165, 1.54) is 0 Å². The number of hydrogen-bond donors (Lipinski definition) is 3. The van der Waals surface area contributed by atoms with Crippen molar-refractivity contribution in [1.82, 2.24) is 16.0 Å². The molecule has 0 fully saturated rings. The fraction of sp³-hybridized carbons (Fsp3) is 0.333. The molecular weight excluding hydrogens is 410 g/mol. The number of unbranched alkanes of at least 4 members (excludes halogenated alkanes) is 1. The summed E-state index contributed by atoms with van der Waals surface area (Å²) in [4.78, 5) is 13.1. The van der Waals surface area contributed by atoms with Crippen LogP contribution in [0.15, 0.2) is 59.8 Å². The highest BCUT2D eigenvalue weighted by Crippen LogP contribution is 2.34. The molecule has 2 aromatic carbocycles. The summed E-state index contributed by atoms with van der Waals surface area (Å²) in [5, 5.41) is 9.77. The zero-order valence-electron chi connectivity index (χ0n) is 18.2. The lowest BCUT2D eigenvalue weighted by Gasteiger charge is -2.30. The van der Waals surface area contributed by atoms with E-state index in [-0.39, 0.29) is 5.91 Å². The van der Waals surface area contributed by atoms with Crippen molar-refractivity contribution in [3.8, 4) is 11.5 Å². The topological polar surface area (TPSA) is 71.6 Å². The predicted molar refractivity (Wildman–Crippen MR) is 126 cm³/mol. The second-order valence-electron chi connectivity index (χ2n) is 7.35. The molecule has 3 N–H and O–H groups in total. The third-order valence-corrected chi connectivity index (χ3v) is 5.31. The Morgan fingerprint density at radius 1 is 1.16 bits per heavy atom. The van der Waals surface area contributed by atoms with E-state index < -0.39 is 6.04 Å². The summed E-state index contributed by atoms with van der Waals surface area (Å²) < 4.78 is 11.4. The fourth-order valence-corrected chi connectivity index (χ4v) is 3.70. The zero-order chi connectivity index (χ0) is 22.2. The van der Waals surface area contributed by atoms with Crippen LogP contribution in [0.3, 0.4) is 0 Å². The molecule has 0 aliphatic carbocycles. The summed E-state index contributed by atoms with van der Waals surface area (Å²) in [7, 11) is 1.61. The van der Waals surface area contributed by atoms with Crippen molar-refractivity contribution in [2.24, 2.45) is 0 Å². The molecule has 1 heterocycles. The molecule has 0 aromatic heterocycles. The summed E-state index contributed by atoms with van der Waals surface area (Å²) in [5.74, 6) is 1.16. The number of methoxy groups -OCH3 is 1. The lowest BCUT2D eigenvalue weighted by atomic mass is 9.94. The molecule has 0 radical (unpaired) electrons. The number of benzene rings is 2. The molecule has 7 heteroatoms. The first-order chi connectivity index (χ1) is 15.0. The van der Waals surface area contributed by atoms with Gasteiger partial charge in [0, 0.05) is 12.2 Å². The summed E-state index contributed by atoms with van der Waals surface area (Å²) >= 11 is 5.35. The molecule has 31 heavy (non-hydrogen) atoms. The normalized spacial score (nSPS) is 15.7. The predicted octanol–water partition coefficient (Wildman–Crippen LogP) is 3.98. The van der Waals surface area contributed by atoms with Crippen LogP contribution in [0.1, 0.15) is 43.9 Å². The molecule has 0 saturated heterocycles. The summed E-state index contributed by atoms with van der Waals surface area (Å²) in [6.07, 6.45) is 2.03. The third kappa shape index (κ3) is 5.76. The molecule has 1 aliphatic rings. The van der Waals surface area contributed by atoms with Gasteiger partial charge in [-0.25, -0.2) is 0 Å². The SMILES string of the molecule is CCCCOc1ccc([C@H]2NC(=S)NC(C)=C2C(=O)NCc2ccccc2)cc1OC. The van der Waals surface area contributed by atoms with E-state index in [0.717, 1.165) is 29.7 Å². The molecule has 6 nitrogen and oxygen atoms in total. The second-order valence-corrected chi connectivity index (χ2v) is 7.76. The van der Waals surface area contributed by atoms with Gasteiger partial charge >= 0.3 is 0 Å². The molecule has 3 rings (SSSR count). The molecular formula is C24H29N3O3S. The van der Waals surface area contributed by atoms with Crippen molar-refractivity contribution in [3.63, 3.8) is 0 Å². The van der Waals surface area contributed by atoms with Crippen molar-refractivity contribution >= 4 is 23.2 Å². The number of hydrogen-bond acceptors (Lipinski definition) is 4. The Labute approximate surface area is 189 Å². The zero-order valence-corrected chi connectivity index (χ0v) is 19.0. The summed E-state index contributed by atoms with van der Waals surface area (Å²) in [6, 6.07) is 15.1. The minimum Gasteiger partial charge on any atom is -0.493 e. The van der Waals surface area contributed by atoms with Crippen molar-refractivity contribution < 1.29 is 14.3 Å². The smallest absolute Gasteiger partial charge is 0.251 e. The van der Waals surface area contributed by atoms with Crippen LogP contribution in [0.2, 0.25) is 0 Å². The van der Waals surface area contributed by atoms with Crippen LogP contribution >= 0.6 is 12.2 Å². The van der Waals surface area contributed by atoms with Gasteiger partial charge in [-0.2, -0.15) is 0 Å². The molecule has 0 unspecified atom stereocenters. The van der Waals surface area contributed by atoms with Gasteiger partial charge in [-0.05, 0) is 48.8 Å². The van der Waals surface area contributed by atoms with Gasteiger partial charge in [0.1, 0.15) is 0 Å². The van der Waals surface area contributed by atoms with E-state index in [2.05, 4.69) is 22.9 Å². The van der Waals surface area contributed by atoms with E-state index in [9.17, 15) is 4.79 Å². The second kappa shape index (κ2) is 10.8. The Morgan fingerprint density at radius 2 is 1.94 bits per heavy atom. The summed E-state index contributed by atoms with van der Waals surface area (Å²) in [6.45, 7) is 5.06. The Morgan fingerprint density at radius 3 is 2.65 bits per heavy atom. The first-order valence-electron chi connectivity index (χ1n) is 10.4. The van der Waals surface area contributed by atoms with Gasteiger partial charge in [0.05, 0.1) is 25.3 Å². The highest BCUT2D eigenvalue weighted by Gasteiger charge is 2.30. The number of rotatable bonds is 9. The number of allylic oxidation sites excluding steroid dienone is 1. The van der Waals surface area contributed by atoms with Gasteiger partial charge in [-0.1, -0.05) is 49.7 Å². The van der Waals surface area contributed by atoms with Crippen LogP contribution in [0.4, 0.5) is 0 Å². The van der Waals surface area contributed by atoms with E-state index in [4.69, 9.17) is 21.7 Å². The van der Waals surface area contributed by atoms with Crippen LogP contribution in [0.25, 0.3) is 0 Å². The van der Waals surface area contributed by atoms with Crippen LogP contribution in [0.5, 0.6) is 11.5 Å². The van der Waals surface area contributed by atoms with Crippen molar-refractivity contribution in [2.75, 3.05) is 13.7 Å².